The SMILES string of the molecule is COc1ccc(CCN[C@H](C)c2ccccc2N)cc1OC. The van der Waals surface area contributed by atoms with Crippen LogP contribution in [0.5, 0.6) is 11.5 Å². The molecule has 2 aromatic rings. The van der Waals surface area contributed by atoms with E-state index in [0.29, 0.717) is 0 Å². The molecule has 0 fully saturated rings. The van der Waals surface area contributed by atoms with Crippen molar-refractivity contribution in [2.45, 2.75) is 19.4 Å². The van der Waals surface area contributed by atoms with Gasteiger partial charge in [-0.25, -0.2) is 0 Å². The van der Waals surface area contributed by atoms with Gasteiger partial charge in [0.1, 0.15) is 0 Å². The Balaban J connectivity index is 1.92. The predicted molar refractivity (Wildman–Crippen MR) is 90.5 cm³/mol. The molecular weight excluding hydrogens is 276 g/mol. The number of methoxy groups -OCH3 is 2. The summed E-state index contributed by atoms with van der Waals surface area (Å²) < 4.78 is 10.6. The third-order valence-electron chi connectivity index (χ3n) is 3.77. The molecule has 0 aliphatic heterocycles. The minimum Gasteiger partial charge on any atom is -0.493 e. The smallest absolute Gasteiger partial charge is 0.160 e. The number of hydrogen-bond acceptors (Lipinski definition) is 4. The molecule has 0 aliphatic rings. The van der Waals surface area contributed by atoms with Crippen LogP contribution in [0.3, 0.4) is 0 Å². The molecule has 2 rings (SSSR count). The number of nitrogens with two attached hydrogens (primary N) is 1. The Kier molecular flexibility index (Phi) is 5.67. The van der Waals surface area contributed by atoms with E-state index in [4.69, 9.17) is 15.2 Å². The fraction of sp³-hybridized carbons (Fsp3) is 0.333. The van der Waals surface area contributed by atoms with Crippen molar-refractivity contribution in [3.8, 4) is 11.5 Å². The summed E-state index contributed by atoms with van der Waals surface area (Å²) in [5.74, 6) is 1.52. The Morgan fingerprint density at radius 1 is 1.05 bits per heavy atom. The zero-order chi connectivity index (χ0) is 15.9. The van der Waals surface area contributed by atoms with E-state index in [-0.39, 0.29) is 6.04 Å². The molecule has 1 atom stereocenters. The summed E-state index contributed by atoms with van der Waals surface area (Å²) in [7, 11) is 3.30. The van der Waals surface area contributed by atoms with Crippen LogP contribution >= 0.6 is 0 Å². The van der Waals surface area contributed by atoms with Gasteiger partial charge in [-0.15, -0.1) is 0 Å². The van der Waals surface area contributed by atoms with E-state index in [1.807, 2.05) is 30.3 Å². The number of benzene rings is 2. The topological polar surface area (TPSA) is 56.5 Å². The standard InChI is InChI=1S/C18H24N2O2/c1-13(15-6-4-5-7-16(15)19)20-11-10-14-8-9-17(21-2)18(12-14)22-3/h4-9,12-13,20H,10-11,19H2,1-3H3/t13-/m1/s1. The molecular formula is C18H24N2O2. The van der Waals surface area contributed by atoms with Crippen molar-refractivity contribution >= 4 is 5.69 Å². The molecule has 0 radical (unpaired) electrons. The van der Waals surface area contributed by atoms with Crippen molar-refractivity contribution in [1.29, 1.82) is 0 Å². The highest BCUT2D eigenvalue weighted by molar-refractivity contribution is 5.48. The number of nitrogen functional groups attached to an aromatic ring is 1. The third-order valence-corrected chi connectivity index (χ3v) is 3.77. The fourth-order valence-corrected chi connectivity index (χ4v) is 2.48. The van der Waals surface area contributed by atoms with Gasteiger partial charge < -0.3 is 20.5 Å². The molecule has 0 spiro atoms. The third kappa shape index (κ3) is 3.92. The van der Waals surface area contributed by atoms with Gasteiger partial charge in [0.15, 0.2) is 11.5 Å². The van der Waals surface area contributed by atoms with Crippen molar-refractivity contribution < 1.29 is 9.47 Å². The highest BCUT2D eigenvalue weighted by Gasteiger charge is 2.08. The first-order valence-corrected chi connectivity index (χ1v) is 7.44. The number of anilines is 1. The quantitative estimate of drug-likeness (QED) is 0.771. The minimum absolute atomic E-state index is 0.223. The van der Waals surface area contributed by atoms with Gasteiger partial charge in [0.2, 0.25) is 0 Å². The minimum atomic E-state index is 0.223. The Labute approximate surface area is 132 Å². The van der Waals surface area contributed by atoms with Gasteiger partial charge in [0, 0.05) is 11.7 Å². The largest absolute Gasteiger partial charge is 0.493 e. The zero-order valence-electron chi connectivity index (χ0n) is 13.4. The molecule has 0 amide bonds. The van der Waals surface area contributed by atoms with Gasteiger partial charge in [-0.05, 0) is 49.2 Å². The van der Waals surface area contributed by atoms with Gasteiger partial charge in [-0.2, -0.15) is 0 Å². The summed E-state index contributed by atoms with van der Waals surface area (Å²) in [6, 6.07) is 14.2. The maximum Gasteiger partial charge on any atom is 0.160 e. The number of ether oxygens (including phenoxy) is 2. The van der Waals surface area contributed by atoms with E-state index >= 15 is 0 Å². The maximum atomic E-state index is 6.00. The molecule has 0 saturated carbocycles. The molecule has 4 heteroatoms. The second-order valence-corrected chi connectivity index (χ2v) is 5.24. The maximum absolute atomic E-state index is 6.00. The molecule has 0 aromatic heterocycles. The van der Waals surface area contributed by atoms with E-state index < -0.39 is 0 Å². The van der Waals surface area contributed by atoms with Crippen LogP contribution in [0, 0.1) is 0 Å². The van der Waals surface area contributed by atoms with E-state index in [0.717, 1.165) is 35.7 Å². The molecule has 0 unspecified atom stereocenters. The Hall–Kier alpha value is -2.20. The van der Waals surface area contributed by atoms with Gasteiger partial charge in [-0.3, -0.25) is 0 Å². The highest BCUT2D eigenvalue weighted by Crippen LogP contribution is 2.27. The molecule has 3 N–H and O–H groups in total. The average molecular weight is 300 g/mol. The summed E-state index contributed by atoms with van der Waals surface area (Å²) in [4.78, 5) is 0. The lowest BCUT2D eigenvalue weighted by Gasteiger charge is -2.16. The van der Waals surface area contributed by atoms with Gasteiger partial charge in [-0.1, -0.05) is 24.3 Å². The monoisotopic (exact) mass is 300 g/mol. The van der Waals surface area contributed by atoms with Crippen molar-refractivity contribution in [3.63, 3.8) is 0 Å². The Morgan fingerprint density at radius 3 is 2.45 bits per heavy atom. The molecule has 0 heterocycles. The molecule has 4 nitrogen and oxygen atoms in total. The van der Waals surface area contributed by atoms with Crippen LogP contribution in [-0.2, 0) is 6.42 Å². The van der Waals surface area contributed by atoms with Gasteiger partial charge in [0.05, 0.1) is 14.2 Å². The van der Waals surface area contributed by atoms with Gasteiger partial charge >= 0.3 is 0 Å². The van der Waals surface area contributed by atoms with E-state index in [9.17, 15) is 0 Å². The Morgan fingerprint density at radius 2 is 1.77 bits per heavy atom. The molecule has 118 valence electrons. The summed E-state index contributed by atoms with van der Waals surface area (Å²) in [5.41, 5.74) is 9.17. The molecule has 0 saturated heterocycles. The Bertz CT molecular complexity index is 614. The highest BCUT2D eigenvalue weighted by atomic mass is 16.5. The lowest BCUT2D eigenvalue weighted by atomic mass is 10.1. The van der Waals surface area contributed by atoms with Crippen LogP contribution in [0.2, 0.25) is 0 Å². The summed E-state index contributed by atoms with van der Waals surface area (Å²) in [6.45, 7) is 2.99. The first kappa shape index (κ1) is 16.2. The van der Waals surface area contributed by atoms with Crippen molar-refractivity contribution in [2.24, 2.45) is 0 Å². The normalized spacial score (nSPS) is 12.0. The van der Waals surface area contributed by atoms with Crippen LogP contribution < -0.4 is 20.5 Å². The number of hydrogen-bond donors (Lipinski definition) is 2. The van der Waals surface area contributed by atoms with Crippen molar-refractivity contribution in [3.05, 3.63) is 53.6 Å². The summed E-state index contributed by atoms with van der Waals surface area (Å²) >= 11 is 0. The van der Waals surface area contributed by atoms with Crippen LogP contribution in [-0.4, -0.2) is 20.8 Å². The average Bonchev–Trinajstić information content (AvgIpc) is 2.55. The molecule has 2 aromatic carbocycles. The molecule has 22 heavy (non-hydrogen) atoms. The molecule has 0 bridgehead atoms. The zero-order valence-corrected chi connectivity index (χ0v) is 13.4. The van der Waals surface area contributed by atoms with Crippen molar-refractivity contribution in [1.82, 2.24) is 5.32 Å². The summed E-state index contributed by atoms with van der Waals surface area (Å²) in [6.07, 6.45) is 0.914. The van der Waals surface area contributed by atoms with E-state index in [2.05, 4.69) is 24.4 Å². The number of nitrogens with one attached hydrogen (secondary N) is 1. The second-order valence-electron chi connectivity index (χ2n) is 5.24. The fourth-order valence-electron chi connectivity index (χ4n) is 2.48. The predicted octanol–water partition coefficient (Wildman–Crippen LogP) is 3.18. The lowest BCUT2D eigenvalue weighted by Crippen LogP contribution is -2.22. The first-order chi connectivity index (χ1) is 10.7. The van der Waals surface area contributed by atoms with E-state index in [1.54, 1.807) is 14.2 Å². The number of rotatable bonds is 7. The molecule has 0 aliphatic carbocycles. The van der Waals surface area contributed by atoms with Crippen LogP contribution in [0.4, 0.5) is 5.69 Å². The van der Waals surface area contributed by atoms with Crippen LogP contribution in [0.15, 0.2) is 42.5 Å². The van der Waals surface area contributed by atoms with E-state index in [1.165, 1.54) is 5.56 Å². The second kappa shape index (κ2) is 7.71. The summed E-state index contributed by atoms with van der Waals surface area (Å²) in [5, 5.41) is 3.50. The van der Waals surface area contributed by atoms with Crippen LogP contribution in [0.25, 0.3) is 0 Å². The van der Waals surface area contributed by atoms with Gasteiger partial charge in [0.25, 0.3) is 0 Å². The van der Waals surface area contributed by atoms with Crippen molar-refractivity contribution in [2.75, 3.05) is 26.5 Å². The van der Waals surface area contributed by atoms with Crippen LogP contribution in [0.1, 0.15) is 24.1 Å². The number of para-hydroxylation sites is 1. The lowest BCUT2D eigenvalue weighted by molar-refractivity contribution is 0.354. The first-order valence-electron chi connectivity index (χ1n) is 7.44.